The molecule has 5 unspecified atom stereocenters. The Kier molecular flexibility index (Phi) is 25.3. The molecule has 6 N–H and O–H groups in total. The lowest BCUT2D eigenvalue weighted by Gasteiger charge is -2.50. The van der Waals surface area contributed by atoms with Gasteiger partial charge in [-0.3, -0.25) is 4.79 Å². The molecule has 21 atom stereocenters. The van der Waals surface area contributed by atoms with Crippen molar-refractivity contribution < 1.29 is 92.0 Å². The third-order valence-electron chi connectivity index (χ3n) is 15.4. The highest BCUT2D eigenvalue weighted by Gasteiger charge is 2.55. The first-order chi connectivity index (χ1) is 36.6. The number of aliphatic carboxylic acids is 1. The quantitative estimate of drug-likeness (QED) is 0.0533. The van der Waals surface area contributed by atoms with Crippen LogP contribution in [-0.2, 0) is 66.4 Å². The lowest BCUT2D eigenvalue weighted by Crippen LogP contribution is -2.62. The lowest BCUT2D eigenvalue weighted by atomic mass is 9.73. The van der Waals surface area contributed by atoms with E-state index in [2.05, 4.69) is 5.32 Å². The Balaban J connectivity index is 1.23. The SMILES string of the molecule is C/C=C\C=C\[C@@H]1O[C@](O)([C@H](CO[C@@H]2C[C@@H](OC)[C@@H](O[C@H]3C[C@H](OC)[C@H](O[C@H]4C[C@@H](OC)[C@@H](O)[C@@H](C)O4)[C@@H](C)O3)[C@@H](C)O2)C(=O)NC/C=C/C=C(\C)C(OC)C(C)C2CC(O)C(/C=C/C=C/C=C/C(=O)O)O2)C[C@H](O)C1(C)C. The van der Waals surface area contributed by atoms with Gasteiger partial charge in [0, 0.05) is 84.5 Å². The molecule has 0 aromatic rings. The Labute approximate surface area is 455 Å². The number of hydrogen-bond donors (Lipinski definition) is 6. The van der Waals surface area contributed by atoms with Gasteiger partial charge in [0.15, 0.2) is 24.7 Å². The van der Waals surface area contributed by atoms with Crippen LogP contribution in [0, 0.1) is 17.3 Å². The highest BCUT2D eigenvalue weighted by molar-refractivity contribution is 5.80. The molecule has 0 aromatic carbocycles. The molecule has 5 heterocycles. The smallest absolute Gasteiger partial charge is 0.328 e. The minimum Gasteiger partial charge on any atom is -0.478 e. The molecule has 77 heavy (non-hydrogen) atoms. The van der Waals surface area contributed by atoms with E-state index in [1.165, 1.54) is 6.08 Å². The van der Waals surface area contributed by atoms with Crippen molar-refractivity contribution in [3.63, 3.8) is 0 Å². The third kappa shape index (κ3) is 17.5. The monoisotopic (exact) mass is 1090 g/mol. The summed E-state index contributed by atoms with van der Waals surface area (Å²) in [7, 11) is 6.32. The molecule has 436 valence electrons. The number of aliphatic hydroxyl groups excluding tert-OH is 3. The van der Waals surface area contributed by atoms with Crippen LogP contribution in [0.25, 0.3) is 0 Å². The van der Waals surface area contributed by atoms with Crippen LogP contribution < -0.4 is 5.32 Å². The number of carbonyl (C=O) groups is 2. The van der Waals surface area contributed by atoms with Gasteiger partial charge in [-0.15, -0.1) is 0 Å². The van der Waals surface area contributed by atoms with Gasteiger partial charge in [0.2, 0.25) is 5.91 Å². The van der Waals surface area contributed by atoms with Crippen molar-refractivity contribution in [2.24, 2.45) is 17.3 Å². The maximum atomic E-state index is 14.3. The second-order valence-electron chi connectivity index (χ2n) is 21.3. The van der Waals surface area contributed by atoms with Gasteiger partial charge in [-0.05, 0) is 40.2 Å². The summed E-state index contributed by atoms with van der Waals surface area (Å²) in [5, 5.41) is 56.8. The first-order valence-corrected chi connectivity index (χ1v) is 26.9. The summed E-state index contributed by atoms with van der Waals surface area (Å²) >= 11 is 0. The van der Waals surface area contributed by atoms with Gasteiger partial charge in [0.25, 0.3) is 0 Å². The van der Waals surface area contributed by atoms with E-state index in [-0.39, 0.29) is 44.1 Å². The number of carbonyl (C=O) groups excluding carboxylic acids is 1. The van der Waals surface area contributed by atoms with Crippen molar-refractivity contribution in [3.05, 3.63) is 84.6 Å². The van der Waals surface area contributed by atoms with Gasteiger partial charge in [-0.25, -0.2) is 4.79 Å². The number of hydrogen-bond acceptors (Lipinski definition) is 18. The summed E-state index contributed by atoms with van der Waals surface area (Å²) in [6.45, 7) is 14.7. The van der Waals surface area contributed by atoms with Crippen molar-refractivity contribution in [1.29, 1.82) is 0 Å². The molecule has 1 amide bonds. The molecule has 5 aliphatic heterocycles. The number of amides is 1. The van der Waals surface area contributed by atoms with E-state index in [0.717, 1.165) is 11.6 Å². The average Bonchev–Trinajstić information content (AvgIpc) is 3.78. The lowest BCUT2D eigenvalue weighted by molar-refractivity contribution is -0.341. The molecule has 5 fully saturated rings. The zero-order valence-electron chi connectivity index (χ0n) is 47.0. The van der Waals surface area contributed by atoms with E-state index in [4.69, 9.17) is 61.9 Å². The average molecular weight is 1090 g/mol. The molecule has 0 saturated carbocycles. The Bertz CT molecular complexity index is 2060. The first kappa shape index (κ1) is 64.3. The molecule has 0 bridgehead atoms. The maximum Gasteiger partial charge on any atom is 0.328 e. The van der Waals surface area contributed by atoms with Crippen molar-refractivity contribution in [3.8, 4) is 0 Å². The summed E-state index contributed by atoms with van der Waals surface area (Å²) < 4.78 is 73.9. The van der Waals surface area contributed by atoms with Crippen LogP contribution in [-0.4, -0.2) is 195 Å². The molecule has 0 radical (unpaired) electrons. The highest BCUT2D eigenvalue weighted by atomic mass is 16.7. The van der Waals surface area contributed by atoms with E-state index in [1.54, 1.807) is 84.0 Å². The van der Waals surface area contributed by atoms with E-state index in [1.807, 2.05) is 66.7 Å². The summed E-state index contributed by atoms with van der Waals surface area (Å²) in [6, 6.07) is 0. The van der Waals surface area contributed by atoms with Gasteiger partial charge in [-0.2, -0.15) is 0 Å². The van der Waals surface area contributed by atoms with Crippen molar-refractivity contribution in [2.75, 3.05) is 41.6 Å². The number of nitrogens with one attached hydrogen (secondary N) is 1. The van der Waals surface area contributed by atoms with Gasteiger partial charge >= 0.3 is 5.97 Å². The first-order valence-electron chi connectivity index (χ1n) is 26.9. The second-order valence-corrected chi connectivity index (χ2v) is 21.3. The summed E-state index contributed by atoms with van der Waals surface area (Å²) in [6.07, 6.45) is 11.8. The summed E-state index contributed by atoms with van der Waals surface area (Å²) in [5.41, 5.74) is 0.0597. The predicted octanol–water partition coefficient (Wildman–Crippen LogP) is 4.74. The molecule has 0 aromatic heterocycles. The van der Waals surface area contributed by atoms with Gasteiger partial charge < -0.3 is 87.7 Å². The van der Waals surface area contributed by atoms with Gasteiger partial charge in [-0.1, -0.05) is 93.7 Å². The van der Waals surface area contributed by atoms with Gasteiger partial charge in [0.1, 0.15) is 30.3 Å². The highest BCUT2D eigenvalue weighted by Crippen LogP contribution is 2.44. The molecular formula is C57H89NO19. The number of rotatable bonds is 25. The molecule has 0 spiro atoms. The number of carboxylic acid groups (broad SMARTS) is 1. The fraction of sp³-hybridized carbons (Fsp3) is 0.719. The van der Waals surface area contributed by atoms with Crippen LogP contribution >= 0.6 is 0 Å². The maximum absolute atomic E-state index is 14.3. The molecule has 5 aliphatic rings. The van der Waals surface area contributed by atoms with Crippen molar-refractivity contribution in [2.45, 2.75) is 204 Å². The fourth-order valence-electron chi connectivity index (χ4n) is 10.6. The van der Waals surface area contributed by atoms with Crippen LogP contribution in [0.1, 0.15) is 87.5 Å². The second kappa shape index (κ2) is 30.3. The van der Waals surface area contributed by atoms with Crippen molar-refractivity contribution >= 4 is 11.9 Å². The van der Waals surface area contributed by atoms with E-state index >= 15 is 0 Å². The fourth-order valence-corrected chi connectivity index (χ4v) is 10.6. The van der Waals surface area contributed by atoms with Crippen LogP contribution in [0.15, 0.2) is 84.6 Å². The number of methoxy groups -OCH3 is 4. The van der Waals surface area contributed by atoms with Crippen molar-refractivity contribution in [1.82, 2.24) is 5.32 Å². The molecule has 20 nitrogen and oxygen atoms in total. The number of aliphatic hydroxyl groups is 4. The molecule has 20 heteroatoms. The number of carboxylic acids is 1. The minimum absolute atomic E-state index is 0.0694. The Hall–Kier alpha value is -3.52. The van der Waals surface area contributed by atoms with Gasteiger partial charge in [0.05, 0.1) is 73.8 Å². The van der Waals surface area contributed by atoms with E-state index in [9.17, 15) is 30.0 Å². The molecule has 0 aliphatic carbocycles. The zero-order valence-corrected chi connectivity index (χ0v) is 47.0. The minimum atomic E-state index is -2.16. The number of allylic oxidation sites excluding steroid dienone is 9. The predicted molar refractivity (Wildman–Crippen MR) is 283 cm³/mol. The van der Waals surface area contributed by atoms with Crippen LogP contribution in [0.2, 0.25) is 0 Å². The molecule has 5 rings (SSSR count). The summed E-state index contributed by atoms with van der Waals surface area (Å²) in [5.74, 6) is -5.26. The van der Waals surface area contributed by atoms with E-state index in [0.29, 0.717) is 19.3 Å². The van der Waals surface area contributed by atoms with Crippen LogP contribution in [0.4, 0.5) is 0 Å². The Morgan fingerprint density at radius 3 is 1.95 bits per heavy atom. The largest absolute Gasteiger partial charge is 0.478 e. The standard InChI is InChI=1S/C57H89NO19/c1-13-14-17-24-46-56(7,8)45(60)31-57(65,77-46)38(55(64)58-26-21-20-22-33(2)52(69-12)34(3)41-27-39(59)40(74-41)23-18-15-16-19-25-47(61)62)32-70-48-29-43(67-10)53(36(5)72-48)76-50-30-44(68-11)54(37(6)73-50)75-49-28-42(66-9)51(63)35(4)71-49/h13-25,34-46,48-54,59-60,63,65H,26-32H2,1-12H3,(H,58,64)(H,61,62)/b14-13-,16-15+,21-20+,23-18+,24-17+,25-19+,33-22+/t34?,35-,36-,37-,38-,39?,40?,41?,42-,43-,44+,45+,46+,48+,49+,50+,51+,52?,53+,54-,57+/m1/s1. The normalized spacial score (nSPS) is 38.6. The molecular weight excluding hydrogens is 1000 g/mol. The number of ether oxygens (including phenoxy) is 12. The van der Waals surface area contributed by atoms with E-state index < -0.39 is 127 Å². The third-order valence-corrected chi connectivity index (χ3v) is 15.4. The topological polar surface area (TPSA) is 258 Å². The molecule has 5 saturated heterocycles. The summed E-state index contributed by atoms with van der Waals surface area (Å²) in [4.78, 5) is 25.0. The Morgan fingerprint density at radius 1 is 0.753 bits per heavy atom. The Morgan fingerprint density at radius 2 is 1.34 bits per heavy atom. The van der Waals surface area contributed by atoms with Crippen LogP contribution in [0.3, 0.4) is 0 Å². The van der Waals surface area contributed by atoms with Crippen LogP contribution in [0.5, 0.6) is 0 Å². The zero-order chi connectivity index (χ0) is 56.6.